The zero-order valence-electron chi connectivity index (χ0n) is 7.06. The molecule has 0 aromatic carbocycles. The summed E-state index contributed by atoms with van der Waals surface area (Å²) >= 11 is 0. The van der Waals surface area contributed by atoms with E-state index in [9.17, 15) is 0 Å². The van der Waals surface area contributed by atoms with Crippen LogP contribution in [0.15, 0.2) is 0 Å². The Morgan fingerprint density at radius 1 is 1.40 bits per heavy atom. The molecular weight excluding hydrogens is 124 g/mol. The first-order valence-corrected chi connectivity index (χ1v) is 4.25. The summed E-state index contributed by atoms with van der Waals surface area (Å²) in [5, 5.41) is 8.93. The highest BCUT2D eigenvalue weighted by Gasteiger charge is 2.25. The Morgan fingerprint density at radius 3 is 2.40 bits per heavy atom. The van der Waals surface area contributed by atoms with Crippen LogP contribution in [0, 0.1) is 11.3 Å². The third-order valence-electron chi connectivity index (χ3n) is 2.35. The highest BCUT2D eigenvalue weighted by molar-refractivity contribution is 4.77. The van der Waals surface area contributed by atoms with Gasteiger partial charge in [-0.05, 0) is 24.2 Å². The molecule has 1 fully saturated rings. The topological polar surface area (TPSA) is 20.2 Å². The second kappa shape index (κ2) is 2.91. The quantitative estimate of drug-likeness (QED) is 0.638. The maximum Gasteiger partial charge on any atom is 0.0482 e. The van der Waals surface area contributed by atoms with Crippen LogP contribution in [0.25, 0.3) is 0 Å². The highest BCUT2D eigenvalue weighted by Crippen LogP contribution is 2.37. The summed E-state index contributed by atoms with van der Waals surface area (Å²) in [5.74, 6) is 1.01. The summed E-state index contributed by atoms with van der Waals surface area (Å²) in [6, 6.07) is 0. The summed E-state index contributed by atoms with van der Waals surface area (Å²) in [5.41, 5.74) is 0.169. The third-order valence-corrected chi connectivity index (χ3v) is 2.35. The molecule has 1 rings (SSSR count). The van der Waals surface area contributed by atoms with E-state index in [1.54, 1.807) is 0 Å². The molecule has 0 aromatic heterocycles. The van der Waals surface area contributed by atoms with Crippen molar-refractivity contribution in [1.29, 1.82) is 0 Å². The molecule has 10 heavy (non-hydrogen) atoms. The van der Waals surface area contributed by atoms with E-state index < -0.39 is 0 Å². The Balaban J connectivity index is 2.09. The number of aliphatic hydroxyl groups excluding tert-OH is 1. The van der Waals surface area contributed by atoms with E-state index in [0.717, 1.165) is 5.92 Å². The molecular formula is C9H18O. The molecule has 1 nitrogen and oxygen atoms in total. The van der Waals surface area contributed by atoms with Gasteiger partial charge in [-0.15, -0.1) is 0 Å². The van der Waals surface area contributed by atoms with Crippen molar-refractivity contribution in [3.8, 4) is 0 Å². The average Bonchev–Trinajstić information content (AvgIpc) is 2.66. The Hall–Kier alpha value is -0.0400. The van der Waals surface area contributed by atoms with Crippen molar-refractivity contribution >= 4 is 0 Å². The first kappa shape index (κ1) is 8.06. The Kier molecular flexibility index (Phi) is 2.35. The van der Waals surface area contributed by atoms with E-state index in [1.165, 1.54) is 25.7 Å². The van der Waals surface area contributed by atoms with Gasteiger partial charge in [0, 0.05) is 6.61 Å². The van der Waals surface area contributed by atoms with Gasteiger partial charge in [-0.25, -0.2) is 0 Å². The number of aliphatic hydroxyl groups is 1. The molecule has 1 N–H and O–H groups in total. The smallest absolute Gasteiger partial charge is 0.0482 e. The van der Waals surface area contributed by atoms with E-state index in [1.807, 2.05) is 0 Å². The van der Waals surface area contributed by atoms with Crippen LogP contribution in [-0.4, -0.2) is 11.7 Å². The zero-order chi connectivity index (χ0) is 7.61. The highest BCUT2D eigenvalue weighted by atomic mass is 16.3. The minimum absolute atomic E-state index is 0.169. The van der Waals surface area contributed by atoms with Gasteiger partial charge in [-0.1, -0.05) is 26.7 Å². The molecule has 1 saturated carbocycles. The number of hydrogen-bond acceptors (Lipinski definition) is 1. The van der Waals surface area contributed by atoms with Gasteiger partial charge in [-0.3, -0.25) is 0 Å². The fourth-order valence-corrected chi connectivity index (χ4v) is 1.08. The van der Waals surface area contributed by atoms with Crippen molar-refractivity contribution in [3.05, 3.63) is 0 Å². The zero-order valence-corrected chi connectivity index (χ0v) is 7.06. The minimum Gasteiger partial charge on any atom is -0.396 e. The molecule has 0 unspecified atom stereocenters. The van der Waals surface area contributed by atoms with Gasteiger partial charge < -0.3 is 5.11 Å². The molecule has 0 amide bonds. The monoisotopic (exact) mass is 142 g/mol. The number of rotatable bonds is 4. The molecule has 0 aliphatic heterocycles. The van der Waals surface area contributed by atoms with Gasteiger partial charge in [0.1, 0.15) is 0 Å². The summed E-state index contributed by atoms with van der Waals surface area (Å²) < 4.78 is 0. The van der Waals surface area contributed by atoms with Crippen LogP contribution in [0.3, 0.4) is 0 Å². The van der Waals surface area contributed by atoms with E-state index in [0.29, 0.717) is 6.61 Å². The summed E-state index contributed by atoms with van der Waals surface area (Å²) in [6.45, 7) is 4.60. The minimum atomic E-state index is 0.169. The van der Waals surface area contributed by atoms with Crippen molar-refractivity contribution in [3.63, 3.8) is 0 Å². The second-order valence-electron chi connectivity index (χ2n) is 4.30. The standard InChI is InChI=1S/C9H18O/c1-9(2,7-10)6-5-8-3-4-8/h8,10H,3-7H2,1-2H3. The van der Waals surface area contributed by atoms with E-state index in [-0.39, 0.29) is 5.41 Å². The van der Waals surface area contributed by atoms with Gasteiger partial charge in [0.2, 0.25) is 0 Å². The fourth-order valence-electron chi connectivity index (χ4n) is 1.08. The molecule has 0 saturated heterocycles. The van der Waals surface area contributed by atoms with Crippen LogP contribution < -0.4 is 0 Å². The predicted octanol–water partition coefficient (Wildman–Crippen LogP) is 2.20. The van der Waals surface area contributed by atoms with Crippen LogP contribution >= 0.6 is 0 Å². The van der Waals surface area contributed by atoms with Crippen LogP contribution in [0.4, 0.5) is 0 Å². The van der Waals surface area contributed by atoms with Crippen LogP contribution in [0.5, 0.6) is 0 Å². The average molecular weight is 142 g/mol. The lowest BCUT2D eigenvalue weighted by Gasteiger charge is -2.20. The lowest BCUT2D eigenvalue weighted by Crippen LogP contribution is -2.16. The molecule has 0 spiro atoms. The molecule has 1 aliphatic carbocycles. The van der Waals surface area contributed by atoms with Crippen molar-refractivity contribution < 1.29 is 5.11 Å². The lowest BCUT2D eigenvalue weighted by molar-refractivity contribution is 0.146. The Bertz CT molecular complexity index is 103. The lowest BCUT2D eigenvalue weighted by atomic mass is 9.88. The second-order valence-corrected chi connectivity index (χ2v) is 4.30. The van der Waals surface area contributed by atoms with Crippen molar-refractivity contribution in [1.82, 2.24) is 0 Å². The third kappa shape index (κ3) is 2.70. The largest absolute Gasteiger partial charge is 0.396 e. The van der Waals surface area contributed by atoms with E-state index in [2.05, 4.69) is 13.8 Å². The number of hydrogen-bond donors (Lipinski definition) is 1. The molecule has 0 heterocycles. The van der Waals surface area contributed by atoms with Gasteiger partial charge in [0.15, 0.2) is 0 Å². The van der Waals surface area contributed by atoms with Gasteiger partial charge in [0.25, 0.3) is 0 Å². The van der Waals surface area contributed by atoms with Crippen molar-refractivity contribution in [2.24, 2.45) is 11.3 Å². The first-order valence-electron chi connectivity index (χ1n) is 4.25. The first-order chi connectivity index (χ1) is 4.64. The predicted molar refractivity (Wildman–Crippen MR) is 42.8 cm³/mol. The normalized spacial score (nSPS) is 19.5. The van der Waals surface area contributed by atoms with Gasteiger partial charge in [-0.2, -0.15) is 0 Å². The van der Waals surface area contributed by atoms with Crippen molar-refractivity contribution in [2.45, 2.75) is 39.5 Å². The SMILES string of the molecule is CC(C)(CO)CCC1CC1. The molecule has 0 aromatic rings. The maximum absolute atomic E-state index is 8.93. The van der Waals surface area contributed by atoms with E-state index >= 15 is 0 Å². The summed E-state index contributed by atoms with van der Waals surface area (Å²) in [4.78, 5) is 0. The summed E-state index contributed by atoms with van der Waals surface area (Å²) in [7, 11) is 0. The Morgan fingerprint density at radius 2 is 2.00 bits per heavy atom. The molecule has 0 bridgehead atoms. The molecule has 1 heteroatoms. The van der Waals surface area contributed by atoms with Gasteiger partial charge >= 0.3 is 0 Å². The Labute approximate surface area is 63.4 Å². The molecule has 60 valence electrons. The van der Waals surface area contributed by atoms with E-state index in [4.69, 9.17) is 5.11 Å². The molecule has 1 aliphatic rings. The molecule has 0 radical (unpaired) electrons. The molecule has 0 atom stereocenters. The van der Waals surface area contributed by atoms with Crippen LogP contribution in [0.1, 0.15) is 39.5 Å². The van der Waals surface area contributed by atoms with Crippen molar-refractivity contribution in [2.75, 3.05) is 6.61 Å². The maximum atomic E-state index is 8.93. The van der Waals surface area contributed by atoms with Crippen LogP contribution in [0.2, 0.25) is 0 Å². The van der Waals surface area contributed by atoms with Gasteiger partial charge in [0.05, 0.1) is 0 Å². The van der Waals surface area contributed by atoms with Crippen LogP contribution in [-0.2, 0) is 0 Å². The fraction of sp³-hybridized carbons (Fsp3) is 1.00. The summed E-state index contributed by atoms with van der Waals surface area (Å²) in [6.07, 6.45) is 5.38.